The summed E-state index contributed by atoms with van der Waals surface area (Å²) in [5, 5.41) is 0.771. The highest BCUT2D eigenvalue weighted by atomic mass is 19.1. The van der Waals surface area contributed by atoms with Crippen molar-refractivity contribution < 1.29 is 8.81 Å². The smallest absolute Gasteiger partial charge is 0.344 e. The molecule has 1 aromatic heterocycles. The third-order valence-corrected chi connectivity index (χ3v) is 2.92. The van der Waals surface area contributed by atoms with E-state index in [4.69, 9.17) is 10.2 Å². The molecule has 0 aliphatic rings. The molecule has 2 aromatic carbocycles. The largest absolute Gasteiger partial charge is 0.422 e. The summed E-state index contributed by atoms with van der Waals surface area (Å²) in [6.45, 7) is 0. The standard InChI is InChI=1S/C15H10FNO2/c16-11-4-1-9(2-5-11)13-7-10-3-6-12(17)8-14(10)19-15(13)18/h1-8H,17H2. The van der Waals surface area contributed by atoms with Crippen LogP contribution in [0.1, 0.15) is 0 Å². The van der Waals surface area contributed by atoms with Crippen LogP contribution in [-0.2, 0) is 0 Å². The summed E-state index contributed by atoms with van der Waals surface area (Å²) in [6.07, 6.45) is 0. The van der Waals surface area contributed by atoms with Gasteiger partial charge in [0.1, 0.15) is 11.4 Å². The third kappa shape index (κ3) is 2.08. The maximum absolute atomic E-state index is 12.9. The van der Waals surface area contributed by atoms with E-state index in [2.05, 4.69) is 0 Å². The van der Waals surface area contributed by atoms with E-state index in [0.29, 0.717) is 22.4 Å². The second-order valence-corrected chi connectivity index (χ2v) is 4.25. The number of nitrogen functional groups attached to an aromatic ring is 1. The van der Waals surface area contributed by atoms with Crippen LogP contribution >= 0.6 is 0 Å². The van der Waals surface area contributed by atoms with E-state index in [1.54, 1.807) is 36.4 Å². The SMILES string of the molecule is Nc1ccc2cc(-c3ccc(F)cc3)c(=O)oc2c1. The number of halogens is 1. The van der Waals surface area contributed by atoms with E-state index in [1.807, 2.05) is 0 Å². The first-order valence-corrected chi connectivity index (χ1v) is 5.73. The summed E-state index contributed by atoms with van der Waals surface area (Å²) in [5.41, 5.74) is 7.16. The molecule has 0 spiro atoms. The van der Waals surface area contributed by atoms with Gasteiger partial charge in [0.2, 0.25) is 0 Å². The lowest BCUT2D eigenvalue weighted by Crippen LogP contribution is -2.02. The molecule has 0 saturated heterocycles. The summed E-state index contributed by atoms with van der Waals surface area (Å²) in [6, 6.07) is 12.5. The summed E-state index contributed by atoms with van der Waals surface area (Å²) < 4.78 is 18.1. The van der Waals surface area contributed by atoms with Gasteiger partial charge in [0.25, 0.3) is 0 Å². The van der Waals surface area contributed by atoms with Crippen molar-refractivity contribution in [1.82, 2.24) is 0 Å². The molecule has 0 bridgehead atoms. The van der Waals surface area contributed by atoms with Crippen molar-refractivity contribution in [2.75, 3.05) is 5.73 Å². The van der Waals surface area contributed by atoms with Crippen molar-refractivity contribution in [3.05, 3.63) is 64.8 Å². The Hall–Kier alpha value is -2.62. The molecular weight excluding hydrogens is 245 g/mol. The average Bonchev–Trinajstić information content (AvgIpc) is 2.39. The normalized spacial score (nSPS) is 10.8. The fourth-order valence-electron chi connectivity index (χ4n) is 1.96. The maximum Gasteiger partial charge on any atom is 0.344 e. The lowest BCUT2D eigenvalue weighted by atomic mass is 10.1. The van der Waals surface area contributed by atoms with E-state index in [1.165, 1.54) is 12.1 Å². The molecule has 3 nitrogen and oxygen atoms in total. The van der Waals surface area contributed by atoms with E-state index in [9.17, 15) is 9.18 Å². The minimum Gasteiger partial charge on any atom is -0.422 e. The third-order valence-electron chi connectivity index (χ3n) is 2.92. The first-order chi connectivity index (χ1) is 9.13. The van der Waals surface area contributed by atoms with Crippen LogP contribution in [0.15, 0.2) is 57.7 Å². The molecule has 19 heavy (non-hydrogen) atoms. The summed E-state index contributed by atoms with van der Waals surface area (Å²) in [4.78, 5) is 11.9. The van der Waals surface area contributed by atoms with Crippen molar-refractivity contribution >= 4 is 16.7 Å². The van der Waals surface area contributed by atoms with Crippen LogP contribution in [0.2, 0.25) is 0 Å². The van der Waals surface area contributed by atoms with Crippen LogP contribution in [-0.4, -0.2) is 0 Å². The minimum absolute atomic E-state index is 0.346. The average molecular weight is 255 g/mol. The molecule has 3 aromatic rings. The molecular formula is C15H10FNO2. The predicted molar refractivity (Wildman–Crippen MR) is 72.3 cm³/mol. The van der Waals surface area contributed by atoms with Gasteiger partial charge in [-0.1, -0.05) is 12.1 Å². The quantitative estimate of drug-likeness (QED) is 0.536. The van der Waals surface area contributed by atoms with Gasteiger partial charge in [0, 0.05) is 17.1 Å². The van der Waals surface area contributed by atoms with E-state index in [-0.39, 0.29) is 5.82 Å². The van der Waals surface area contributed by atoms with Crippen molar-refractivity contribution in [3.63, 3.8) is 0 Å². The molecule has 0 amide bonds. The number of benzene rings is 2. The topological polar surface area (TPSA) is 56.2 Å². The Balaban J connectivity index is 2.24. The van der Waals surface area contributed by atoms with Crippen LogP contribution in [0, 0.1) is 5.82 Å². The molecule has 1 heterocycles. The fourth-order valence-corrected chi connectivity index (χ4v) is 1.96. The number of nitrogens with two attached hydrogens (primary N) is 1. The van der Waals surface area contributed by atoms with Crippen molar-refractivity contribution in [3.8, 4) is 11.1 Å². The van der Waals surface area contributed by atoms with Gasteiger partial charge < -0.3 is 10.2 Å². The lowest BCUT2D eigenvalue weighted by molar-refractivity contribution is 0.563. The van der Waals surface area contributed by atoms with E-state index < -0.39 is 5.63 Å². The van der Waals surface area contributed by atoms with Gasteiger partial charge in [-0.3, -0.25) is 0 Å². The Labute approximate surface area is 108 Å². The van der Waals surface area contributed by atoms with Gasteiger partial charge in [0.05, 0.1) is 5.56 Å². The molecule has 0 unspecified atom stereocenters. The highest BCUT2D eigenvalue weighted by Gasteiger charge is 2.08. The Morgan fingerprint density at radius 2 is 1.74 bits per heavy atom. The monoisotopic (exact) mass is 255 g/mol. The molecule has 4 heteroatoms. The number of rotatable bonds is 1. The molecule has 0 radical (unpaired) electrons. The van der Waals surface area contributed by atoms with Crippen LogP contribution in [0.5, 0.6) is 0 Å². The first kappa shape index (κ1) is 11.5. The summed E-state index contributed by atoms with van der Waals surface area (Å²) >= 11 is 0. The van der Waals surface area contributed by atoms with Crippen molar-refractivity contribution in [2.45, 2.75) is 0 Å². The number of fused-ring (bicyclic) bond motifs is 1. The second-order valence-electron chi connectivity index (χ2n) is 4.25. The molecule has 3 rings (SSSR count). The highest BCUT2D eigenvalue weighted by molar-refractivity contribution is 5.83. The van der Waals surface area contributed by atoms with Crippen LogP contribution < -0.4 is 11.4 Å². The predicted octanol–water partition coefficient (Wildman–Crippen LogP) is 3.18. The Morgan fingerprint density at radius 1 is 1.00 bits per heavy atom. The van der Waals surface area contributed by atoms with Crippen LogP contribution in [0.3, 0.4) is 0 Å². The van der Waals surface area contributed by atoms with E-state index in [0.717, 1.165) is 5.39 Å². The highest BCUT2D eigenvalue weighted by Crippen LogP contribution is 2.22. The number of hydrogen-bond acceptors (Lipinski definition) is 3. The van der Waals surface area contributed by atoms with Crippen LogP contribution in [0.25, 0.3) is 22.1 Å². The molecule has 0 fully saturated rings. The molecule has 0 aliphatic heterocycles. The Bertz CT molecular complexity index is 806. The van der Waals surface area contributed by atoms with Gasteiger partial charge in [-0.2, -0.15) is 0 Å². The van der Waals surface area contributed by atoms with Gasteiger partial charge in [0.15, 0.2) is 0 Å². The second kappa shape index (κ2) is 4.24. The maximum atomic E-state index is 12.9. The fraction of sp³-hybridized carbons (Fsp3) is 0. The van der Waals surface area contributed by atoms with E-state index >= 15 is 0 Å². The minimum atomic E-state index is -0.468. The van der Waals surface area contributed by atoms with Crippen LogP contribution in [0.4, 0.5) is 10.1 Å². The molecule has 94 valence electrons. The zero-order valence-corrected chi connectivity index (χ0v) is 9.89. The zero-order valence-electron chi connectivity index (χ0n) is 9.89. The Kier molecular flexibility index (Phi) is 2.56. The van der Waals surface area contributed by atoms with Gasteiger partial charge in [-0.15, -0.1) is 0 Å². The molecule has 0 saturated carbocycles. The van der Waals surface area contributed by atoms with Crippen molar-refractivity contribution in [1.29, 1.82) is 0 Å². The van der Waals surface area contributed by atoms with Gasteiger partial charge >= 0.3 is 5.63 Å². The lowest BCUT2D eigenvalue weighted by Gasteiger charge is -2.03. The first-order valence-electron chi connectivity index (χ1n) is 5.73. The van der Waals surface area contributed by atoms with Gasteiger partial charge in [-0.25, -0.2) is 9.18 Å². The molecule has 2 N–H and O–H groups in total. The zero-order chi connectivity index (χ0) is 13.4. The molecule has 0 aliphatic carbocycles. The van der Waals surface area contributed by atoms with Gasteiger partial charge in [-0.05, 0) is 35.9 Å². The number of hydrogen-bond donors (Lipinski definition) is 1. The summed E-state index contributed by atoms with van der Waals surface area (Å²) in [7, 11) is 0. The molecule has 0 atom stereocenters. The summed E-state index contributed by atoms with van der Waals surface area (Å²) in [5.74, 6) is -0.346. The Morgan fingerprint density at radius 3 is 2.47 bits per heavy atom. The van der Waals surface area contributed by atoms with Crippen molar-refractivity contribution in [2.24, 2.45) is 0 Å². The number of anilines is 1.